The third-order valence-corrected chi connectivity index (χ3v) is 3.74. The number of ether oxygens (including phenoxy) is 1. The zero-order valence-corrected chi connectivity index (χ0v) is 13.5. The van der Waals surface area contributed by atoms with Crippen LogP contribution in [0.2, 0.25) is 0 Å². The van der Waals surface area contributed by atoms with Gasteiger partial charge in [0.2, 0.25) is 0 Å². The fourth-order valence-electron chi connectivity index (χ4n) is 1.92. The van der Waals surface area contributed by atoms with Crippen molar-refractivity contribution in [1.82, 2.24) is 5.32 Å². The highest BCUT2D eigenvalue weighted by atomic mass is 32.2. The minimum Gasteiger partial charge on any atom is -0.389 e. The molecule has 0 heterocycles. The van der Waals surface area contributed by atoms with Crippen LogP contribution in [0.5, 0.6) is 0 Å². The summed E-state index contributed by atoms with van der Waals surface area (Å²) in [5, 5.41) is 12.7. The molecule has 0 bridgehead atoms. The molecule has 0 rings (SSSR count). The zero-order chi connectivity index (χ0) is 15.1. The Balaban J connectivity index is 3.78. The van der Waals surface area contributed by atoms with Gasteiger partial charge in [0, 0.05) is 18.8 Å². The van der Waals surface area contributed by atoms with Gasteiger partial charge in [-0.3, -0.25) is 0 Å². The molecule has 0 saturated carbocycles. The van der Waals surface area contributed by atoms with Crippen molar-refractivity contribution in [3.8, 4) is 0 Å². The van der Waals surface area contributed by atoms with E-state index >= 15 is 0 Å². The van der Waals surface area contributed by atoms with E-state index in [9.17, 15) is 13.5 Å². The first-order chi connectivity index (χ1) is 8.60. The van der Waals surface area contributed by atoms with Gasteiger partial charge in [-0.25, -0.2) is 8.42 Å². The normalized spacial score (nSPS) is 17.4. The maximum absolute atomic E-state index is 11.1. The van der Waals surface area contributed by atoms with Gasteiger partial charge in [0.15, 0.2) is 0 Å². The third kappa shape index (κ3) is 12.6. The van der Waals surface area contributed by atoms with E-state index in [0.717, 1.165) is 6.42 Å². The highest BCUT2D eigenvalue weighted by molar-refractivity contribution is 7.90. The molecule has 0 aromatic heterocycles. The van der Waals surface area contributed by atoms with Gasteiger partial charge in [0.1, 0.15) is 9.84 Å². The molecule has 3 unspecified atom stereocenters. The number of aliphatic hydroxyl groups is 1. The van der Waals surface area contributed by atoms with Gasteiger partial charge >= 0.3 is 0 Å². The Bertz CT molecular complexity index is 330. The van der Waals surface area contributed by atoms with Crippen molar-refractivity contribution >= 4 is 9.84 Å². The Morgan fingerprint density at radius 1 is 1.21 bits per heavy atom. The smallest absolute Gasteiger partial charge is 0.148 e. The first-order valence-electron chi connectivity index (χ1n) is 6.81. The number of sulfone groups is 1. The first kappa shape index (κ1) is 18.8. The summed E-state index contributed by atoms with van der Waals surface area (Å²) < 4.78 is 27.7. The van der Waals surface area contributed by atoms with Crippen LogP contribution in [0.25, 0.3) is 0 Å². The second-order valence-corrected chi connectivity index (χ2v) is 8.01. The number of hydrogen-bond donors (Lipinski definition) is 2. The Kier molecular flexibility index (Phi) is 8.81. The second-order valence-electron chi connectivity index (χ2n) is 5.83. The van der Waals surface area contributed by atoms with E-state index in [1.165, 1.54) is 6.26 Å². The largest absolute Gasteiger partial charge is 0.389 e. The van der Waals surface area contributed by atoms with Crippen LogP contribution in [0.3, 0.4) is 0 Å². The summed E-state index contributed by atoms with van der Waals surface area (Å²) in [7, 11) is -2.99. The molecule has 0 aliphatic heterocycles. The van der Waals surface area contributed by atoms with Crippen molar-refractivity contribution in [2.24, 2.45) is 5.92 Å². The maximum Gasteiger partial charge on any atom is 0.148 e. The lowest BCUT2D eigenvalue weighted by Gasteiger charge is -2.20. The molecule has 0 radical (unpaired) electrons. The molecular weight excluding hydrogens is 266 g/mol. The molecule has 3 atom stereocenters. The lowest BCUT2D eigenvalue weighted by atomic mass is 10.1. The van der Waals surface area contributed by atoms with Gasteiger partial charge in [-0.1, -0.05) is 13.8 Å². The summed E-state index contributed by atoms with van der Waals surface area (Å²) in [5.41, 5.74) is 0. The molecule has 0 aliphatic rings. The summed E-state index contributed by atoms with van der Waals surface area (Å²) in [6, 6.07) is -0.169. The van der Waals surface area contributed by atoms with E-state index < -0.39 is 15.9 Å². The van der Waals surface area contributed by atoms with E-state index in [1.54, 1.807) is 6.92 Å². The molecule has 0 aromatic rings. The van der Waals surface area contributed by atoms with Crippen LogP contribution in [0.15, 0.2) is 0 Å². The fraction of sp³-hybridized carbons (Fsp3) is 1.00. The molecule has 0 aromatic carbocycles. The predicted molar refractivity (Wildman–Crippen MR) is 78.1 cm³/mol. The van der Waals surface area contributed by atoms with Crippen molar-refractivity contribution in [1.29, 1.82) is 0 Å². The van der Waals surface area contributed by atoms with Crippen molar-refractivity contribution in [2.45, 2.75) is 52.4 Å². The van der Waals surface area contributed by atoms with E-state index in [0.29, 0.717) is 12.5 Å². The Labute approximate surface area is 117 Å². The predicted octanol–water partition coefficient (Wildman–Crippen LogP) is 0.821. The van der Waals surface area contributed by atoms with Crippen LogP contribution in [-0.4, -0.2) is 56.9 Å². The monoisotopic (exact) mass is 295 g/mol. The molecule has 0 fully saturated rings. The first-order valence-corrected chi connectivity index (χ1v) is 8.87. The second kappa shape index (κ2) is 8.89. The molecule has 19 heavy (non-hydrogen) atoms. The Hall–Kier alpha value is -0.170. The highest BCUT2D eigenvalue weighted by Gasteiger charge is 2.13. The average molecular weight is 295 g/mol. The molecule has 0 saturated heterocycles. The van der Waals surface area contributed by atoms with Crippen LogP contribution in [0.1, 0.15) is 34.1 Å². The maximum atomic E-state index is 11.1. The van der Waals surface area contributed by atoms with Crippen LogP contribution in [0, 0.1) is 5.92 Å². The number of nitrogens with one attached hydrogen (secondary N) is 1. The van der Waals surface area contributed by atoms with Gasteiger partial charge in [0.05, 0.1) is 24.6 Å². The standard InChI is InChI=1S/C13H29NO4S/c1-10(2)6-12(4)18-8-13(15)7-14-11(3)9-19(5,16)17/h10-15H,6-9H2,1-5H3. The average Bonchev–Trinajstić information content (AvgIpc) is 2.20. The van der Waals surface area contributed by atoms with Crippen molar-refractivity contribution < 1.29 is 18.3 Å². The lowest BCUT2D eigenvalue weighted by Crippen LogP contribution is -2.39. The molecule has 116 valence electrons. The fourth-order valence-corrected chi connectivity index (χ4v) is 2.94. The van der Waals surface area contributed by atoms with E-state index in [-0.39, 0.29) is 24.5 Å². The molecule has 2 N–H and O–H groups in total. The van der Waals surface area contributed by atoms with Gasteiger partial charge in [-0.2, -0.15) is 0 Å². The van der Waals surface area contributed by atoms with Crippen LogP contribution in [-0.2, 0) is 14.6 Å². The summed E-state index contributed by atoms with van der Waals surface area (Å²) in [6.45, 7) is 8.65. The van der Waals surface area contributed by atoms with Crippen molar-refractivity contribution in [3.63, 3.8) is 0 Å². The number of hydrogen-bond acceptors (Lipinski definition) is 5. The molecule has 6 heteroatoms. The SMILES string of the molecule is CC(C)CC(C)OCC(O)CNC(C)CS(C)(=O)=O. The summed E-state index contributed by atoms with van der Waals surface area (Å²) in [5.74, 6) is 0.643. The molecule has 5 nitrogen and oxygen atoms in total. The van der Waals surface area contributed by atoms with E-state index in [2.05, 4.69) is 19.2 Å². The van der Waals surface area contributed by atoms with E-state index in [1.807, 2.05) is 6.92 Å². The van der Waals surface area contributed by atoms with Crippen LogP contribution < -0.4 is 5.32 Å². The molecule has 0 aliphatic carbocycles. The highest BCUT2D eigenvalue weighted by Crippen LogP contribution is 2.07. The van der Waals surface area contributed by atoms with Crippen LogP contribution in [0.4, 0.5) is 0 Å². The van der Waals surface area contributed by atoms with E-state index in [4.69, 9.17) is 4.74 Å². The molecular formula is C13H29NO4S. The third-order valence-electron chi connectivity index (χ3n) is 2.63. The summed E-state index contributed by atoms with van der Waals surface area (Å²) in [4.78, 5) is 0. The quantitative estimate of drug-likeness (QED) is 0.624. The van der Waals surface area contributed by atoms with Gasteiger partial charge in [-0.05, 0) is 26.2 Å². The minimum absolute atomic E-state index is 0.0737. The molecule has 0 amide bonds. The van der Waals surface area contributed by atoms with Crippen molar-refractivity contribution in [3.05, 3.63) is 0 Å². The summed E-state index contributed by atoms with van der Waals surface area (Å²) >= 11 is 0. The van der Waals surface area contributed by atoms with Gasteiger partial charge in [-0.15, -0.1) is 0 Å². The van der Waals surface area contributed by atoms with Gasteiger partial charge in [0.25, 0.3) is 0 Å². The van der Waals surface area contributed by atoms with Crippen molar-refractivity contribution in [2.75, 3.05) is 25.2 Å². The molecule has 0 spiro atoms. The number of rotatable bonds is 10. The Morgan fingerprint density at radius 3 is 2.26 bits per heavy atom. The summed E-state index contributed by atoms with van der Waals surface area (Å²) in [6.07, 6.45) is 1.68. The topological polar surface area (TPSA) is 75.6 Å². The lowest BCUT2D eigenvalue weighted by molar-refractivity contribution is -0.00895. The Morgan fingerprint density at radius 2 is 1.79 bits per heavy atom. The zero-order valence-electron chi connectivity index (χ0n) is 12.7. The number of aliphatic hydroxyl groups excluding tert-OH is 1. The van der Waals surface area contributed by atoms with Gasteiger partial charge < -0.3 is 15.2 Å². The van der Waals surface area contributed by atoms with Crippen LogP contribution >= 0.6 is 0 Å². The minimum atomic E-state index is -2.99.